The molecule has 1 heterocycles. The van der Waals surface area contributed by atoms with Crippen LogP contribution in [0.15, 0.2) is 24.3 Å². The molecule has 1 saturated heterocycles. The van der Waals surface area contributed by atoms with Gasteiger partial charge in [-0.25, -0.2) is 0 Å². The first-order chi connectivity index (χ1) is 8.75. The number of para-hydroxylation sites is 1. The van der Waals surface area contributed by atoms with E-state index in [0.717, 1.165) is 6.54 Å². The van der Waals surface area contributed by atoms with Crippen LogP contribution in [0.1, 0.15) is 46.6 Å². The third kappa shape index (κ3) is 2.79. The van der Waals surface area contributed by atoms with E-state index in [9.17, 15) is 0 Å². The molecule has 2 rings (SSSR count). The van der Waals surface area contributed by atoms with Crippen molar-refractivity contribution in [2.24, 2.45) is 0 Å². The van der Waals surface area contributed by atoms with Crippen molar-refractivity contribution in [1.82, 2.24) is 5.32 Å². The van der Waals surface area contributed by atoms with Gasteiger partial charge in [0.15, 0.2) is 0 Å². The Hall–Kier alpha value is -1.02. The highest BCUT2D eigenvalue weighted by Gasteiger charge is 2.39. The molecular weight excluding hydrogens is 232 g/mol. The molecule has 1 aliphatic heterocycles. The van der Waals surface area contributed by atoms with Crippen LogP contribution in [0.3, 0.4) is 0 Å². The van der Waals surface area contributed by atoms with E-state index in [-0.39, 0.29) is 11.0 Å². The Morgan fingerprint density at radius 1 is 1.21 bits per heavy atom. The van der Waals surface area contributed by atoms with Crippen molar-refractivity contribution >= 4 is 5.69 Å². The first kappa shape index (κ1) is 14.4. The molecule has 2 nitrogen and oxygen atoms in total. The molecule has 0 amide bonds. The molecule has 2 heteroatoms. The van der Waals surface area contributed by atoms with Crippen LogP contribution in [0.4, 0.5) is 5.69 Å². The van der Waals surface area contributed by atoms with Crippen LogP contribution in [0.2, 0.25) is 0 Å². The third-order valence-corrected chi connectivity index (χ3v) is 4.29. The average molecular weight is 260 g/mol. The molecule has 1 aromatic rings. The Balaban J connectivity index is 2.42. The molecule has 1 unspecified atom stereocenters. The molecule has 0 saturated carbocycles. The largest absolute Gasteiger partial charge is 0.365 e. The van der Waals surface area contributed by atoms with Gasteiger partial charge in [0.25, 0.3) is 0 Å². The van der Waals surface area contributed by atoms with Crippen molar-refractivity contribution in [1.29, 1.82) is 0 Å². The zero-order valence-corrected chi connectivity index (χ0v) is 13.2. The van der Waals surface area contributed by atoms with Crippen LogP contribution in [-0.2, 0) is 5.41 Å². The number of nitrogens with one attached hydrogen (secondary N) is 1. The van der Waals surface area contributed by atoms with Crippen LogP contribution >= 0.6 is 0 Å². The predicted molar refractivity (Wildman–Crippen MR) is 84.0 cm³/mol. The molecule has 19 heavy (non-hydrogen) atoms. The molecular formula is C17H28N2. The second kappa shape index (κ2) is 4.82. The summed E-state index contributed by atoms with van der Waals surface area (Å²) in [6.45, 7) is 12.7. The van der Waals surface area contributed by atoms with E-state index in [1.54, 1.807) is 0 Å². The Kier molecular flexibility index (Phi) is 3.65. The Morgan fingerprint density at radius 3 is 2.37 bits per heavy atom. The van der Waals surface area contributed by atoms with E-state index in [2.05, 4.69) is 76.1 Å². The van der Waals surface area contributed by atoms with E-state index in [1.165, 1.54) is 17.7 Å². The standard InChI is InChI=1S/C17H28N2/c1-16(2,3)14-9-7-8-10-15(14)19-12-13(18-6)11-17(19,4)5/h7-10,13,18H,11-12H2,1-6H3. The van der Waals surface area contributed by atoms with Gasteiger partial charge in [-0.05, 0) is 44.4 Å². The van der Waals surface area contributed by atoms with E-state index in [4.69, 9.17) is 0 Å². The fourth-order valence-electron chi connectivity index (χ4n) is 3.21. The maximum Gasteiger partial charge on any atom is 0.0409 e. The van der Waals surface area contributed by atoms with Crippen LogP contribution in [-0.4, -0.2) is 25.2 Å². The fourth-order valence-corrected chi connectivity index (χ4v) is 3.21. The summed E-state index contributed by atoms with van der Waals surface area (Å²) in [6.07, 6.45) is 1.20. The van der Waals surface area contributed by atoms with E-state index >= 15 is 0 Å². The highest BCUT2D eigenvalue weighted by Crippen LogP contribution is 2.39. The van der Waals surface area contributed by atoms with Crippen LogP contribution in [0.5, 0.6) is 0 Å². The lowest BCUT2D eigenvalue weighted by molar-refractivity contribution is 0.484. The lowest BCUT2D eigenvalue weighted by atomic mass is 9.85. The maximum atomic E-state index is 3.44. The molecule has 0 bridgehead atoms. The summed E-state index contributed by atoms with van der Waals surface area (Å²) < 4.78 is 0. The first-order valence-corrected chi connectivity index (χ1v) is 7.30. The summed E-state index contributed by atoms with van der Waals surface area (Å²) in [4.78, 5) is 2.58. The second-order valence-corrected chi connectivity index (χ2v) is 7.38. The molecule has 106 valence electrons. The minimum Gasteiger partial charge on any atom is -0.365 e. The van der Waals surface area contributed by atoms with E-state index < -0.39 is 0 Å². The molecule has 0 aliphatic carbocycles. The molecule has 1 atom stereocenters. The SMILES string of the molecule is CNC1CN(c2ccccc2C(C)(C)C)C(C)(C)C1. The van der Waals surface area contributed by atoms with Crippen LogP contribution in [0.25, 0.3) is 0 Å². The predicted octanol–water partition coefficient (Wildman–Crippen LogP) is 3.56. The lowest BCUT2D eigenvalue weighted by Crippen LogP contribution is -2.39. The Labute approximate surface area is 118 Å². The lowest BCUT2D eigenvalue weighted by Gasteiger charge is -2.37. The zero-order chi connectivity index (χ0) is 14.3. The summed E-state index contributed by atoms with van der Waals surface area (Å²) in [6, 6.07) is 9.46. The van der Waals surface area contributed by atoms with Gasteiger partial charge in [0.2, 0.25) is 0 Å². The average Bonchev–Trinajstić information content (AvgIpc) is 2.63. The van der Waals surface area contributed by atoms with Crippen LogP contribution in [0, 0.1) is 0 Å². The van der Waals surface area contributed by atoms with Crippen molar-refractivity contribution in [2.45, 2.75) is 58.0 Å². The Morgan fingerprint density at radius 2 is 1.84 bits per heavy atom. The summed E-state index contributed by atoms with van der Waals surface area (Å²) in [5.74, 6) is 0. The normalized spacial score (nSPS) is 22.8. The summed E-state index contributed by atoms with van der Waals surface area (Å²) >= 11 is 0. The quantitative estimate of drug-likeness (QED) is 0.874. The van der Waals surface area contributed by atoms with Gasteiger partial charge in [-0.3, -0.25) is 0 Å². The zero-order valence-electron chi connectivity index (χ0n) is 13.2. The second-order valence-electron chi connectivity index (χ2n) is 7.38. The number of nitrogens with zero attached hydrogens (tertiary/aromatic N) is 1. The fraction of sp³-hybridized carbons (Fsp3) is 0.647. The summed E-state index contributed by atoms with van der Waals surface area (Å²) in [5.41, 5.74) is 3.25. The number of hydrogen-bond acceptors (Lipinski definition) is 2. The highest BCUT2D eigenvalue weighted by molar-refractivity contribution is 5.59. The number of rotatable bonds is 2. The minimum atomic E-state index is 0.185. The molecule has 0 aromatic heterocycles. The van der Waals surface area contributed by atoms with Crippen molar-refractivity contribution in [3.63, 3.8) is 0 Å². The molecule has 0 spiro atoms. The van der Waals surface area contributed by atoms with Gasteiger partial charge in [0.05, 0.1) is 0 Å². The molecule has 1 N–H and O–H groups in total. The Bertz CT molecular complexity index is 443. The number of benzene rings is 1. The van der Waals surface area contributed by atoms with E-state index in [0.29, 0.717) is 6.04 Å². The van der Waals surface area contributed by atoms with Gasteiger partial charge in [-0.15, -0.1) is 0 Å². The third-order valence-electron chi connectivity index (χ3n) is 4.29. The van der Waals surface area contributed by atoms with E-state index in [1.807, 2.05) is 0 Å². The molecule has 0 radical (unpaired) electrons. The van der Waals surface area contributed by atoms with Gasteiger partial charge in [0.1, 0.15) is 0 Å². The van der Waals surface area contributed by atoms with Crippen molar-refractivity contribution in [3.8, 4) is 0 Å². The number of likely N-dealkylation sites (N-methyl/N-ethyl adjacent to an activating group) is 1. The number of hydrogen-bond donors (Lipinski definition) is 1. The maximum absolute atomic E-state index is 3.44. The monoisotopic (exact) mass is 260 g/mol. The molecule has 1 aromatic carbocycles. The first-order valence-electron chi connectivity index (χ1n) is 7.30. The van der Waals surface area contributed by atoms with Gasteiger partial charge < -0.3 is 10.2 Å². The minimum absolute atomic E-state index is 0.185. The highest BCUT2D eigenvalue weighted by atomic mass is 15.2. The van der Waals surface area contributed by atoms with Gasteiger partial charge >= 0.3 is 0 Å². The van der Waals surface area contributed by atoms with Gasteiger partial charge in [-0.2, -0.15) is 0 Å². The van der Waals surface area contributed by atoms with Gasteiger partial charge in [0, 0.05) is 23.8 Å². The molecule has 1 fully saturated rings. The molecule has 1 aliphatic rings. The topological polar surface area (TPSA) is 15.3 Å². The van der Waals surface area contributed by atoms with Crippen molar-refractivity contribution in [3.05, 3.63) is 29.8 Å². The summed E-state index contributed by atoms with van der Waals surface area (Å²) in [7, 11) is 2.07. The van der Waals surface area contributed by atoms with Gasteiger partial charge in [-0.1, -0.05) is 39.0 Å². The smallest absolute Gasteiger partial charge is 0.0409 e. The number of anilines is 1. The van der Waals surface area contributed by atoms with Crippen molar-refractivity contribution < 1.29 is 0 Å². The van der Waals surface area contributed by atoms with Crippen LogP contribution < -0.4 is 10.2 Å². The van der Waals surface area contributed by atoms with Crippen molar-refractivity contribution in [2.75, 3.05) is 18.5 Å². The summed E-state index contributed by atoms with van der Waals surface area (Å²) in [5, 5.41) is 3.44.